The summed E-state index contributed by atoms with van der Waals surface area (Å²) in [7, 11) is 5.83. The predicted octanol–water partition coefficient (Wildman–Crippen LogP) is 1.88. The molecule has 1 aliphatic heterocycles. The molecule has 122 valence electrons. The van der Waals surface area contributed by atoms with Crippen LogP contribution >= 0.6 is 0 Å². The van der Waals surface area contributed by atoms with Crippen molar-refractivity contribution >= 4 is 5.91 Å². The van der Waals surface area contributed by atoms with Gasteiger partial charge in [-0.1, -0.05) is 12.1 Å². The molecule has 22 heavy (non-hydrogen) atoms. The largest absolute Gasteiger partial charge is 0.490 e. The maximum Gasteiger partial charge on any atom is 0.257 e. The number of hydrogen-bond acceptors (Lipinski definition) is 4. The molecule has 5 nitrogen and oxygen atoms in total. The molecule has 0 aromatic heterocycles. The second-order valence-corrected chi connectivity index (χ2v) is 5.82. The summed E-state index contributed by atoms with van der Waals surface area (Å²) in [4.78, 5) is 16.9. The third kappa shape index (κ3) is 4.21. The van der Waals surface area contributed by atoms with E-state index in [0.29, 0.717) is 30.6 Å². The lowest BCUT2D eigenvalue weighted by molar-refractivity contribution is 0.0657. The fourth-order valence-corrected chi connectivity index (χ4v) is 2.76. The van der Waals surface area contributed by atoms with Crippen LogP contribution in [0, 0.1) is 0 Å². The lowest BCUT2D eigenvalue weighted by atomic mass is 10.0. The van der Waals surface area contributed by atoms with Gasteiger partial charge in [0.2, 0.25) is 0 Å². The van der Waals surface area contributed by atoms with Gasteiger partial charge in [-0.3, -0.25) is 4.79 Å². The Kier molecular flexibility index (Phi) is 6.21. The lowest BCUT2D eigenvalue weighted by Crippen LogP contribution is -2.44. The quantitative estimate of drug-likeness (QED) is 0.753. The lowest BCUT2D eigenvalue weighted by Gasteiger charge is -2.35. The summed E-state index contributed by atoms with van der Waals surface area (Å²) in [6.07, 6.45) is 2.04. The maximum atomic E-state index is 12.7. The van der Waals surface area contributed by atoms with Gasteiger partial charge >= 0.3 is 0 Å². The number of likely N-dealkylation sites (tertiary alicyclic amines) is 1. The van der Waals surface area contributed by atoms with Crippen LogP contribution in [0.3, 0.4) is 0 Å². The van der Waals surface area contributed by atoms with Gasteiger partial charge in [0.05, 0.1) is 12.2 Å². The summed E-state index contributed by atoms with van der Waals surface area (Å²) in [5.41, 5.74) is 0.641. The first-order chi connectivity index (χ1) is 10.6. The number of methoxy groups -OCH3 is 1. The molecule has 1 saturated heterocycles. The first kappa shape index (κ1) is 16.8. The van der Waals surface area contributed by atoms with Crippen LogP contribution < -0.4 is 4.74 Å². The number of rotatable bonds is 6. The number of hydrogen-bond donors (Lipinski definition) is 0. The highest BCUT2D eigenvalue weighted by Gasteiger charge is 2.26. The number of nitrogens with zero attached hydrogens (tertiary/aromatic N) is 2. The van der Waals surface area contributed by atoms with Crippen LogP contribution in [0.4, 0.5) is 0 Å². The number of amides is 1. The van der Waals surface area contributed by atoms with Crippen molar-refractivity contribution in [2.24, 2.45) is 0 Å². The molecule has 1 amide bonds. The second kappa shape index (κ2) is 8.15. The summed E-state index contributed by atoms with van der Waals surface area (Å²) in [6.45, 7) is 2.56. The Labute approximate surface area is 132 Å². The minimum atomic E-state index is 0.0604. The van der Waals surface area contributed by atoms with Crippen LogP contribution in [0.1, 0.15) is 23.2 Å². The van der Waals surface area contributed by atoms with Crippen LogP contribution in [0.25, 0.3) is 0 Å². The van der Waals surface area contributed by atoms with E-state index in [2.05, 4.69) is 19.0 Å². The molecular weight excluding hydrogens is 280 g/mol. The molecule has 0 saturated carbocycles. The zero-order valence-corrected chi connectivity index (χ0v) is 13.7. The van der Waals surface area contributed by atoms with Gasteiger partial charge in [0.15, 0.2) is 0 Å². The van der Waals surface area contributed by atoms with E-state index in [4.69, 9.17) is 9.47 Å². The Bertz CT molecular complexity index is 483. The number of para-hydroxylation sites is 1. The van der Waals surface area contributed by atoms with E-state index < -0.39 is 0 Å². The fourth-order valence-electron chi connectivity index (χ4n) is 2.76. The Morgan fingerprint density at radius 3 is 2.55 bits per heavy atom. The van der Waals surface area contributed by atoms with E-state index in [1.54, 1.807) is 7.11 Å². The van der Waals surface area contributed by atoms with Crippen molar-refractivity contribution in [3.8, 4) is 5.75 Å². The minimum Gasteiger partial charge on any atom is -0.490 e. The summed E-state index contributed by atoms with van der Waals surface area (Å²) in [5, 5.41) is 0. The summed E-state index contributed by atoms with van der Waals surface area (Å²) < 4.78 is 10.7. The predicted molar refractivity (Wildman–Crippen MR) is 86.4 cm³/mol. The van der Waals surface area contributed by atoms with Gasteiger partial charge in [0, 0.05) is 26.2 Å². The van der Waals surface area contributed by atoms with Gasteiger partial charge < -0.3 is 19.3 Å². The topological polar surface area (TPSA) is 42.0 Å². The maximum absolute atomic E-state index is 12.7. The molecule has 1 aromatic carbocycles. The molecule has 1 aromatic rings. The van der Waals surface area contributed by atoms with Crippen molar-refractivity contribution < 1.29 is 14.3 Å². The van der Waals surface area contributed by atoms with Crippen molar-refractivity contribution in [1.29, 1.82) is 0 Å². The van der Waals surface area contributed by atoms with E-state index in [0.717, 1.165) is 25.9 Å². The highest BCUT2D eigenvalue weighted by atomic mass is 16.5. The number of ether oxygens (including phenoxy) is 2. The normalized spacial score (nSPS) is 16.1. The van der Waals surface area contributed by atoms with Crippen LogP contribution in [-0.4, -0.2) is 69.3 Å². The van der Waals surface area contributed by atoms with E-state index in [-0.39, 0.29) is 5.91 Å². The molecule has 0 unspecified atom stereocenters. The summed E-state index contributed by atoms with van der Waals surface area (Å²) in [5.74, 6) is 0.699. The third-order valence-electron chi connectivity index (χ3n) is 4.14. The summed E-state index contributed by atoms with van der Waals surface area (Å²) >= 11 is 0. The molecule has 0 aliphatic carbocycles. The molecule has 0 N–H and O–H groups in total. The molecule has 0 atom stereocenters. The first-order valence-corrected chi connectivity index (χ1v) is 7.80. The zero-order valence-electron chi connectivity index (χ0n) is 13.7. The molecule has 1 fully saturated rings. The molecule has 0 spiro atoms. The van der Waals surface area contributed by atoms with Crippen LogP contribution in [0.2, 0.25) is 0 Å². The molecule has 1 heterocycles. The van der Waals surface area contributed by atoms with Crippen molar-refractivity contribution in [2.75, 3.05) is 47.5 Å². The van der Waals surface area contributed by atoms with Crippen molar-refractivity contribution in [1.82, 2.24) is 9.80 Å². The highest BCUT2D eigenvalue weighted by molar-refractivity contribution is 5.97. The van der Waals surface area contributed by atoms with E-state index in [9.17, 15) is 4.79 Å². The van der Waals surface area contributed by atoms with Gasteiger partial charge in [-0.2, -0.15) is 0 Å². The average molecular weight is 306 g/mol. The molecule has 1 aliphatic rings. The van der Waals surface area contributed by atoms with Gasteiger partial charge in [0.1, 0.15) is 12.4 Å². The minimum absolute atomic E-state index is 0.0604. The van der Waals surface area contributed by atoms with E-state index in [1.807, 2.05) is 29.2 Å². The average Bonchev–Trinajstić information content (AvgIpc) is 2.55. The van der Waals surface area contributed by atoms with E-state index >= 15 is 0 Å². The van der Waals surface area contributed by atoms with Gasteiger partial charge in [0.25, 0.3) is 5.91 Å². The molecule has 0 radical (unpaired) electrons. The number of carbonyl (C=O) groups is 1. The van der Waals surface area contributed by atoms with Gasteiger partial charge in [-0.05, 0) is 39.1 Å². The number of benzene rings is 1. The smallest absolute Gasteiger partial charge is 0.257 e. The standard InChI is InChI=1S/C17H26N2O3/c1-18(2)14-8-10-19(11-9-14)17(20)15-6-4-5-7-16(15)22-13-12-21-3/h4-7,14H,8-13H2,1-3H3. The highest BCUT2D eigenvalue weighted by Crippen LogP contribution is 2.22. The van der Waals surface area contributed by atoms with Gasteiger partial charge in [-0.25, -0.2) is 0 Å². The summed E-state index contributed by atoms with van der Waals surface area (Å²) in [6, 6.07) is 8.01. The first-order valence-electron chi connectivity index (χ1n) is 7.80. The SMILES string of the molecule is COCCOc1ccccc1C(=O)N1CCC(N(C)C)CC1. The number of piperidine rings is 1. The Balaban J connectivity index is 2.00. The third-order valence-corrected chi connectivity index (χ3v) is 4.14. The molecule has 5 heteroatoms. The van der Waals surface area contributed by atoms with E-state index in [1.165, 1.54) is 0 Å². The molecule has 2 rings (SSSR count). The van der Waals surface area contributed by atoms with Crippen molar-refractivity contribution in [2.45, 2.75) is 18.9 Å². The fraction of sp³-hybridized carbons (Fsp3) is 0.588. The molecule has 0 bridgehead atoms. The van der Waals surface area contributed by atoms with Crippen LogP contribution in [0.15, 0.2) is 24.3 Å². The van der Waals surface area contributed by atoms with Gasteiger partial charge in [-0.15, -0.1) is 0 Å². The van der Waals surface area contributed by atoms with Crippen molar-refractivity contribution in [3.63, 3.8) is 0 Å². The zero-order chi connectivity index (χ0) is 15.9. The Morgan fingerprint density at radius 1 is 1.23 bits per heavy atom. The molecular formula is C17H26N2O3. The van der Waals surface area contributed by atoms with Crippen molar-refractivity contribution in [3.05, 3.63) is 29.8 Å². The Hall–Kier alpha value is -1.59. The van der Waals surface area contributed by atoms with Crippen LogP contribution in [0.5, 0.6) is 5.75 Å². The monoisotopic (exact) mass is 306 g/mol. The van der Waals surface area contributed by atoms with Crippen LogP contribution in [-0.2, 0) is 4.74 Å². The Morgan fingerprint density at radius 2 is 1.91 bits per heavy atom. The number of carbonyl (C=O) groups excluding carboxylic acids is 1. The second-order valence-electron chi connectivity index (χ2n) is 5.82.